The number of aromatic nitrogens is 3. The highest BCUT2D eigenvalue weighted by molar-refractivity contribution is 6.03. The molecule has 0 radical (unpaired) electrons. The van der Waals surface area contributed by atoms with E-state index in [0.29, 0.717) is 30.4 Å². The molecule has 1 N–H and O–H groups in total. The van der Waals surface area contributed by atoms with E-state index in [4.69, 9.17) is 4.52 Å². The first-order chi connectivity index (χ1) is 16.6. The highest BCUT2D eigenvalue weighted by Crippen LogP contribution is 2.27. The number of benzene rings is 2. The van der Waals surface area contributed by atoms with Crippen molar-refractivity contribution < 1.29 is 14.1 Å². The van der Waals surface area contributed by atoms with Crippen molar-refractivity contribution in [2.24, 2.45) is 5.92 Å². The van der Waals surface area contributed by atoms with Crippen LogP contribution in [0.15, 0.2) is 77.6 Å². The van der Waals surface area contributed by atoms with E-state index in [1.165, 1.54) is 0 Å². The number of pyridine rings is 1. The topological polar surface area (TPSA) is 101 Å². The van der Waals surface area contributed by atoms with Gasteiger partial charge in [-0.1, -0.05) is 41.1 Å². The summed E-state index contributed by atoms with van der Waals surface area (Å²) in [6, 6.07) is 18.9. The molecule has 1 atom stereocenters. The van der Waals surface area contributed by atoms with Crippen LogP contribution in [0.3, 0.4) is 0 Å². The fourth-order valence-electron chi connectivity index (χ4n) is 3.99. The van der Waals surface area contributed by atoms with Crippen molar-refractivity contribution in [3.8, 4) is 11.4 Å². The van der Waals surface area contributed by atoms with Gasteiger partial charge in [0.15, 0.2) is 0 Å². The Balaban J connectivity index is 1.28. The number of rotatable bonds is 6. The average Bonchev–Trinajstić information content (AvgIpc) is 3.48. The molecular formula is C26H23N5O3. The van der Waals surface area contributed by atoms with Gasteiger partial charge in [-0.15, -0.1) is 0 Å². The Morgan fingerprint density at radius 2 is 1.94 bits per heavy atom. The predicted molar refractivity (Wildman–Crippen MR) is 127 cm³/mol. The van der Waals surface area contributed by atoms with Crippen LogP contribution < -0.4 is 10.2 Å². The lowest BCUT2D eigenvalue weighted by atomic mass is 10.1. The smallest absolute Gasteiger partial charge is 0.231 e. The van der Waals surface area contributed by atoms with Gasteiger partial charge in [0.1, 0.15) is 0 Å². The molecule has 1 aliphatic heterocycles. The zero-order chi connectivity index (χ0) is 23.5. The number of nitrogens with one attached hydrogen (secondary N) is 1. The van der Waals surface area contributed by atoms with Gasteiger partial charge in [-0.2, -0.15) is 4.98 Å². The lowest BCUT2D eigenvalue weighted by Crippen LogP contribution is -2.28. The van der Waals surface area contributed by atoms with Crippen LogP contribution in [0.1, 0.15) is 23.4 Å². The predicted octanol–water partition coefficient (Wildman–Crippen LogP) is 4.02. The first-order valence-electron chi connectivity index (χ1n) is 11.1. The minimum absolute atomic E-state index is 0.0499. The molecule has 0 saturated carbocycles. The summed E-state index contributed by atoms with van der Waals surface area (Å²) >= 11 is 0. The molecule has 2 aromatic heterocycles. The van der Waals surface area contributed by atoms with E-state index in [0.717, 1.165) is 22.4 Å². The fourth-order valence-corrected chi connectivity index (χ4v) is 3.99. The van der Waals surface area contributed by atoms with E-state index >= 15 is 0 Å². The molecule has 3 heterocycles. The van der Waals surface area contributed by atoms with Gasteiger partial charge >= 0.3 is 0 Å². The van der Waals surface area contributed by atoms with Crippen LogP contribution in [0.5, 0.6) is 0 Å². The first-order valence-corrected chi connectivity index (χ1v) is 11.1. The molecule has 0 bridgehead atoms. The van der Waals surface area contributed by atoms with E-state index in [2.05, 4.69) is 20.4 Å². The van der Waals surface area contributed by atoms with Crippen molar-refractivity contribution in [1.29, 1.82) is 0 Å². The Kier molecular flexibility index (Phi) is 5.86. The standard InChI is InChI=1S/C26H23N5O3/c1-17-8-10-21(11-9-17)31-16-20(14-24(31)32)26(33)28-22-7-3-2-5-18(22)13-23-29-25(30-34-23)19-6-4-12-27-15-19/h2-12,15,20H,13-14,16H2,1H3,(H,28,33). The van der Waals surface area contributed by atoms with Gasteiger partial charge < -0.3 is 14.7 Å². The maximum Gasteiger partial charge on any atom is 0.231 e. The Labute approximate surface area is 196 Å². The summed E-state index contributed by atoms with van der Waals surface area (Å²) in [5.74, 6) is 0.234. The summed E-state index contributed by atoms with van der Waals surface area (Å²) in [7, 11) is 0. The number of aryl methyl sites for hydroxylation is 1. The molecule has 1 unspecified atom stereocenters. The van der Waals surface area contributed by atoms with Crippen LogP contribution in [-0.4, -0.2) is 33.5 Å². The maximum atomic E-state index is 13.0. The molecule has 4 aromatic rings. The van der Waals surface area contributed by atoms with E-state index in [1.807, 2.05) is 67.6 Å². The first kappa shape index (κ1) is 21.5. The monoisotopic (exact) mass is 453 g/mol. The number of amides is 2. The Morgan fingerprint density at radius 1 is 1.12 bits per heavy atom. The third kappa shape index (κ3) is 4.56. The van der Waals surface area contributed by atoms with Gasteiger partial charge in [0.05, 0.1) is 12.3 Å². The minimum Gasteiger partial charge on any atom is -0.339 e. The van der Waals surface area contributed by atoms with Gasteiger partial charge in [0.25, 0.3) is 0 Å². The number of hydrogen-bond acceptors (Lipinski definition) is 6. The lowest BCUT2D eigenvalue weighted by Gasteiger charge is -2.17. The summed E-state index contributed by atoms with van der Waals surface area (Å²) in [5.41, 5.74) is 4.21. The second kappa shape index (κ2) is 9.27. The highest BCUT2D eigenvalue weighted by atomic mass is 16.5. The zero-order valence-corrected chi connectivity index (χ0v) is 18.6. The van der Waals surface area contributed by atoms with Crippen LogP contribution in [0, 0.1) is 12.8 Å². The molecule has 0 aliphatic carbocycles. The van der Waals surface area contributed by atoms with Crippen LogP contribution in [0.25, 0.3) is 11.4 Å². The minimum atomic E-state index is -0.428. The zero-order valence-electron chi connectivity index (χ0n) is 18.6. The van der Waals surface area contributed by atoms with Crippen molar-refractivity contribution in [2.75, 3.05) is 16.8 Å². The van der Waals surface area contributed by atoms with Gasteiger partial charge in [-0.25, -0.2) is 0 Å². The Hall–Kier alpha value is -4.33. The van der Waals surface area contributed by atoms with Crippen molar-refractivity contribution in [1.82, 2.24) is 15.1 Å². The van der Waals surface area contributed by atoms with Crippen molar-refractivity contribution >= 4 is 23.2 Å². The quantitative estimate of drug-likeness (QED) is 0.473. The van der Waals surface area contributed by atoms with Crippen molar-refractivity contribution in [2.45, 2.75) is 19.8 Å². The van der Waals surface area contributed by atoms with Gasteiger partial charge in [0, 0.05) is 42.3 Å². The lowest BCUT2D eigenvalue weighted by molar-refractivity contribution is -0.122. The normalized spacial score (nSPS) is 15.5. The highest BCUT2D eigenvalue weighted by Gasteiger charge is 2.35. The van der Waals surface area contributed by atoms with Crippen molar-refractivity contribution in [3.63, 3.8) is 0 Å². The second-order valence-corrected chi connectivity index (χ2v) is 8.32. The molecule has 0 spiro atoms. The van der Waals surface area contributed by atoms with Crippen LogP contribution >= 0.6 is 0 Å². The third-order valence-electron chi connectivity index (χ3n) is 5.85. The molecule has 170 valence electrons. The van der Waals surface area contributed by atoms with Gasteiger partial charge in [-0.3, -0.25) is 14.6 Å². The average molecular weight is 454 g/mol. The van der Waals surface area contributed by atoms with E-state index in [9.17, 15) is 9.59 Å². The number of carbonyl (C=O) groups excluding carboxylic acids is 2. The Bertz CT molecular complexity index is 1320. The molecular weight excluding hydrogens is 430 g/mol. The summed E-state index contributed by atoms with van der Waals surface area (Å²) in [6.07, 6.45) is 3.90. The molecule has 1 fully saturated rings. The van der Waals surface area contributed by atoms with E-state index in [-0.39, 0.29) is 18.2 Å². The number of hydrogen-bond donors (Lipinski definition) is 1. The molecule has 2 amide bonds. The van der Waals surface area contributed by atoms with Crippen molar-refractivity contribution in [3.05, 3.63) is 90.1 Å². The molecule has 1 aliphatic rings. The molecule has 5 rings (SSSR count). The SMILES string of the molecule is Cc1ccc(N2CC(C(=O)Nc3ccccc3Cc3nc(-c4cccnc4)no3)CC2=O)cc1. The summed E-state index contributed by atoms with van der Waals surface area (Å²) < 4.78 is 5.42. The molecule has 34 heavy (non-hydrogen) atoms. The molecule has 8 nitrogen and oxygen atoms in total. The number of anilines is 2. The Morgan fingerprint density at radius 3 is 2.74 bits per heavy atom. The molecule has 8 heteroatoms. The largest absolute Gasteiger partial charge is 0.339 e. The molecule has 1 saturated heterocycles. The third-order valence-corrected chi connectivity index (χ3v) is 5.85. The fraction of sp³-hybridized carbons (Fsp3) is 0.192. The summed E-state index contributed by atoms with van der Waals surface area (Å²) in [6.45, 7) is 2.35. The number of nitrogens with zero attached hydrogens (tertiary/aromatic N) is 4. The summed E-state index contributed by atoms with van der Waals surface area (Å²) in [4.78, 5) is 35.8. The maximum absolute atomic E-state index is 13.0. The number of carbonyl (C=O) groups is 2. The van der Waals surface area contributed by atoms with Crippen LogP contribution in [-0.2, 0) is 16.0 Å². The van der Waals surface area contributed by atoms with E-state index in [1.54, 1.807) is 17.3 Å². The van der Waals surface area contributed by atoms with Gasteiger partial charge in [-0.05, 0) is 42.8 Å². The summed E-state index contributed by atoms with van der Waals surface area (Å²) in [5, 5.41) is 7.03. The van der Waals surface area contributed by atoms with Gasteiger partial charge in [0.2, 0.25) is 23.5 Å². The second-order valence-electron chi connectivity index (χ2n) is 8.32. The molecule has 2 aromatic carbocycles. The number of para-hydroxylation sites is 1. The van der Waals surface area contributed by atoms with Crippen LogP contribution in [0.4, 0.5) is 11.4 Å². The van der Waals surface area contributed by atoms with Crippen LogP contribution in [0.2, 0.25) is 0 Å². The van der Waals surface area contributed by atoms with E-state index < -0.39 is 5.92 Å².